The number of carboxylic acid groups (broad SMARTS) is 1. The van der Waals surface area contributed by atoms with E-state index in [0.29, 0.717) is 12.8 Å². The van der Waals surface area contributed by atoms with E-state index in [1.807, 2.05) is 30.3 Å². The van der Waals surface area contributed by atoms with Crippen LogP contribution in [0.25, 0.3) is 0 Å². The Bertz CT molecular complexity index is 387. The summed E-state index contributed by atoms with van der Waals surface area (Å²) in [6.45, 7) is 0. The minimum absolute atomic E-state index is 0. The van der Waals surface area contributed by atoms with Crippen LogP contribution in [0, 0.1) is 0 Å². The van der Waals surface area contributed by atoms with Gasteiger partial charge in [0.25, 0.3) is 0 Å². The fourth-order valence-electron chi connectivity index (χ4n) is 1.33. The molecule has 7 N–H and O–H groups in total. The number of carbonyl (C=O) groups is 2. The van der Waals surface area contributed by atoms with Crippen molar-refractivity contribution in [3.05, 3.63) is 30.3 Å². The van der Waals surface area contributed by atoms with Crippen molar-refractivity contribution in [2.75, 3.05) is 7.05 Å². The Balaban J connectivity index is -0.000000963. The summed E-state index contributed by atoms with van der Waals surface area (Å²) in [5.74, 6) is -0.811. The molecule has 1 aromatic rings. The van der Waals surface area contributed by atoms with E-state index in [1.165, 1.54) is 4.40 Å². The average Bonchev–Trinajstić information content (AvgIpc) is 2.29. The average molecular weight is 348 g/mol. The molecular formula is C12H21GeNO6. The molecule has 0 unspecified atom stereocenters. The number of hydrogen-bond donors (Lipinski definition) is 1. The maximum Gasteiger partial charge on any atom is -0.412 e. The van der Waals surface area contributed by atoms with E-state index in [4.69, 9.17) is 5.11 Å². The quantitative estimate of drug-likeness (QED) is 0.602. The number of benzene rings is 1. The molecule has 20 heavy (non-hydrogen) atoms. The summed E-state index contributed by atoms with van der Waals surface area (Å²) in [7, 11) is 1.79. The van der Waals surface area contributed by atoms with Crippen molar-refractivity contribution in [2.24, 2.45) is 0 Å². The smallest absolute Gasteiger partial charge is 0.412 e. The van der Waals surface area contributed by atoms with E-state index in [2.05, 4.69) is 0 Å². The van der Waals surface area contributed by atoms with Gasteiger partial charge in [0.1, 0.15) is 0 Å². The van der Waals surface area contributed by atoms with Crippen LogP contribution < -0.4 is 4.40 Å². The van der Waals surface area contributed by atoms with Crippen LogP contribution in [0.5, 0.6) is 0 Å². The summed E-state index contributed by atoms with van der Waals surface area (Å²) in [6.07, 6.45) is 0.795. The fourth-order valence-corrected chi connectivity index (χ4v) is 3.35. The Labute approximate surface area is 124 Å². The molecule has 1 amide bonds. The Kier molecular flexibility index (Phi) is 14.9. The third kappa shape index (κ3) is 9.50. The van der Waals surface area contributed by atoms with Crippen LogP contribution in [0.4, 0.5) is 0 Å². The molecule has 0 aliphatic carbocycles. The Morgan fingerprint density at radius 1 is 1.10 bits per heavy atom. The summed E-state index contributed by atoms with van der Waals surface area (Å²) >= 11 is -0.615. The van der Waals surface area contributed by atoms with Crippen LogP contribution in [0.1, 0.15) is 19.3 Å². The number of rotatable bonds is 6. The normalized spacial score (nSPS) is 8.45. The monoisotopic (exact) mass is 349 g/mol. The second-order valence-corrected chi connectivity index (χ2v) is 6.77. The number of amides is 1. The van der Waals surface area contributed by atoms with E-state index in [1.54, 1.807) is 10.9 Å². The van der Waals surface area contributed by atoms with E-state index in [-0.39, 0.29) is 28.8 Å². The zero-order valence-corrected chi connectivity index (χ0v) is 13.3. The van der Waals surface area contributed by atoms with Crippen molar-refractivity contribution >= 4 is 31.9 Å². The molecule has 0 heterocycles. The van der Waals surface area contributed by atoms with Gasteiger partial charge in [0.15, 0.2) is 0 Å². The Morgan fingerprint density at radius 3 is 2.15 bits per heavy atom. The van der Waals surface area contributed by atoms with Crippen molar-refractivity contribution in [3.8, 4) is 0 Å². The third-order valence-electron chi connectivity index (χ3n) is 2.23. The molecule has 7 nitrogen and oxygen atoms in total. The molecule has 0 atom stereocenters. The molecule has 2 radical (unpaired) electrons. The Morgan fingerprint density at radius 2 is 1.65 bits per heavy atom. The minimum Gasteiger partial charge on any atom is -0.412 e. The van der Waals surface area contributed by atoms with Crippen molar-refractivity contribution in [2.45, 2.75) is 19.3 Å². The molecule has 0 bridgehead atoms. The number of carboxylic acids is 1. The largest absolute Gasteiger partial charge is 0.412 e. The maximum absolute atomic E-state index is 11.7. The van der Waals surface area contributed by atoms with Gasteiger partial charge in [0.2, 0.25) is 0 Å². The molecule has 0 saturated carbocycles. The summed E-state index contributed by atoms with van der Waals surface area (Å²) in [5.41, 5.74) is 0. The molecule has 0 spiro atoms. The van der Waals surface area contributed by atoms with Crippen LogP contribution in [-0.4, -0.2) is 60.0 Å². The second-order valence-electron chi connectivity index (χ2n) is 3.68. The van der Waals surface area contributed by atoms with Gasteiger partial charge in [-0.25, -0.2) is 0 Å². The summed E-state index contributed by atoms with van der Waals surface area (Å²) in [6, 6.07) is 9.90. The molecule has 114 valence electrons. The standard InChI is InChI=1S/C12H15GeNO3.3H2O/c1-14(11(15)8-5-9-12(16)17)13-10-6-3-2-4-7-10;;;/h2-4,6-7H,5,8-9H2,1H3,(H,16,17);3*1H2. The molecule has 0 saturated heterocycles. The number of hydrogen-bond acceptors (Lipinski definition) is 2. The second kappa shape index (κ2) is 12.6. The zero-order chi connectivity index (χ0) is 12.7. The SMILES string of the molecule is C[N]([Ge][c]1ccccc1)C(=O)CCCC(=O)O.O.O.O. The number of aliphatic carboxylic acids is 1. The van der Waals surface area contributed by atoms with Gasteiger partial charge in [-0.2, -0.15) is 0 Å². The van der Waals surface area contributed by atoms with Crippen molar-refractivity contribution < 1.29 is 31.1 Å². The van der Waals surface area contributed by atoms with Gasteiger partial charge in [-0.3, -0.25) is 0 Å². The molecule has 0 fully saturated rings. The topological polar surface area (TPSA) is 152 Å². The third-order valence-corrected chi connectivity index (χ3v) is 4.69. The van der Waals surface area contributed by atoms with Crippen LogP contribution in [-0.2, 0) is 9.59 Å². The minimum atomic E-state index is -0.848. The molecular weight excluding hydrogens is 327 g/mol. The fraction of sp³-hybridized carbons (Fsp3) is 0.333. The maximum atomic E-state index is 11.7. The predicted molar refractivity (Wildman–Crippen MR) is 76.9 cm³/mol. The molecule has 1 rings (SSSR count). The first-order valence-electron chi connectivity index (χ1n) is 5.39. The van der Waals surface area contributed by atoms with Gasteiger partial charge >= 0.3 is 107 Å². The first-order chi connectivity index (χ1) is 8.09. The van der Waals surface area contributed by atoms with Gasteiger partial charge < -0.3 is 16.4 Å². The van der Waals surface area contributed by atoms with Crippen molar-refractivity contribution in [1.29, 1.82) is 0 Å². The van der Waals surface area contributed by atoms with Gasteiger partial charge in [-0.15, -0.1) is 0 Å². The summed E-state index contributed by atoms with van der Waals surface area (Å²) < 4.78 is 2.94. The molecule has 0 aliphatic rings. The van der Waals surface area contributed by atoms with Gasteiger partial charge in [0.05, 0.1) is 0 Å². The van der Waals surface area contributed by atoms with E-state index >= 15 is 0 Å². The van der Waals surface area contributed by atoms with E-state index in [0.717, 1.165) is 0 Å². The van der Waals surface area contributed by atoms with Gasteiger partial charge in [-0.05, 0) is 0 Å². The summed E-state index contributed by atoms with van der Waals surface area (Å²) in [4.78, 5) is 22.0. The predicted octanol–water partition coefficient (Wildman–Crippen LogP) is -1.83. The number of carbonyl (C=O) groups excluding carboxylic acids is 1. The molecule has 1 aromatic carbocycles. The van der Waals surface area contributed by atoms with Gasteiger partial charge in [0, 0.05) is 0 Å². The molecule has 0 aliphatic heterocycles. The van der Waals surface area contributed by atoms with Crippen molar-refractivity contribution in [1.82, 2.24) is 3.86 Å². The van der Waals surface area contributed by atoms with Crippen LogP contribution in [0.3, 0.4) is 0 Å². The van der Waals surface area contributed by atoms with Crippen LogP contribution >= 0.6 is 0 Å². The first kappa shape index (κ1) is 23.7. The van der Waals surface area contributed by atoms with Crippen molar-refractivity contribution in [3.63, 3.8) is 0 Å². The van der Waals surface area contributed by atoms with Crippen LogP contribution in [0.2, 0.25) is 0 Å². The summed E-state index contributed by atoms with van der Waals surface area (Å²) in [5, 5.41) is 8.48. The zero-order valence-electron chi connectivity index (χ0n) is 11.2. The first-order valence-corrected chi connectivity index (χ1v) is 7.38. The van der Waals surface area contributed by atoms with Gasteiger partial charge in [-0.1, -0.05) is 0 Å². The molecule has 8 heteroatoms. The molecule has 0 aromatic heterocycles. The number of nitrogens with zero attached hydrogens (tertiary/aromatic N) is 1. The Hall–Kier alpha value is -1.42. The van der Waals surface area contributed by atoms with Crippen LogP contribution in [0.15, 0.2) is 30.3 Å². The van der Waals surface area contributed by atoms with E-state index in [9.17, 15) is 9.59 Å². The van der Waals surface area contributed by atoms with E-state index < -0.39 is 21.6 Å².